The molecule has 1 amide bonds. The van der Waals surface area contributed by atoms with Gasteiger partial charge in [0.25, 0.3) is 11.8 Å². The van der Waals surface area contributed by atoms with Crippen LogP contribution in [0.1, 0.15) is 40.5 Å². The normalized spacial score (nSPS) is 16.8. The standard InChI is InChI=1S/C22H23N3O3/c1-15-6-3-4-8-19(15)22(26)25-13-5-7-17(14-25)20-23-21(28-24-20)16-9-11-18(27-2)12-10-16/h3-4,6,8-12,17H,5,7,13-14H2,1-2H3. The van der Waals surface area contributed by atoms with Crippen LogP contribution in [0.4, 0.5) is 0 Å². The molecule has 0 N–H and O–H groups in total. The van der Waals surface area contributed by atoms with Crippen LogP contribution in [0.15, 0.2) is 53.1 Å². The third-order valence-electron chi connectivity index (χ3n) is 5.23. The number of aryl methyl sites for hydroxylation is 1. The highest BCUT2D eigenvalue weighted by atomic mass is 16.5. The fraction of sp³-hybridized carbons (Fsp3) is 0.318. The van der Waals surface area contributed by atoms with Gasteiger partial charge in [0, 0.05) is 30.1 Å². The summed E-state index contributed by atoms with van der Waals surface area (Å²) in [4.78, 5) is 19.4. The lowest BCUT2D eigenvalue weighted by molar-refractivity contribution is 0.0703. The van der Waals surface area contributed by atoms with E-state index in [-0.39, 0.29) is 11.8 Å². The molecule has 2 aromatic carbocycles. The summed E-state index contributed by atoms with van der Waals surface area (Å²) in [5, 5.41) is 4.19. The summed E-state index contributed by atoms with van der Waals surface area (Å²) in [6, 6.07) is 15.2. The van der Waals surface area contributed by atoms with Crippen molar-refractivity contribution in [2.45, 2.75) is 25.7 Å². The molecule has 1 fully saturated rings. The Labute approximate surface area is 164 Å². The molecular formula is C22H23N3O3. The molecule has 1 aliphatic heterocycles. The number of carbonyl (C=O) groups is 1. The van der Waals surface area contributed by atoms with Gasteiger partial charge in [-0.1, -0.05) is 23.4 Å². The SMILES string of the molecule is COc1ccc(-c2nc(C3CCCN(C(=O)c4ccccc4C)C3)no2)cc1. The number of likely N-dealkylation sites (tertiary alicyclic amines) is 1. The van der Waals surface area contributed by atoms with Crippen molar-refractivity contribution in [3.8, 4) is 17.2 Å². The molecule has 0 aliphatic carbocycles. The predicted molar refractivity (Wildman–Crippen MR) is 105 cm³/mol. The first kappa shape index (κ1) is 18.2. The number of methoxy groups -OCH3 is 1. The van der Waals surface area contributed by atoms with Crippen LogP contribution >= 0.6 is 0 Å². The summed E-state index contributed by atoms with van der Waals surface area (Å²) in [6.07, 6.45) is 1.87. The smallest absolute Gasteiger partial charge is 0.257 e. The second-order valence-corrected chi connectivity index (χ2v) is 7.09. The molecule has 6 heteroatoms. The first-order valence-corrected chi connectivity index (χ1v) is 9.48. The first-order valence-electron chi connectivity index (χ1n) is 9.48. The van der Waals surface area contributed by atoms with E-state index in [1.54, 1.807) is 7.11 Å². The van der Waals surface area contributed by atoms with Crippen LogP contribution in [0, 0.1) is 6.92 Å². The van der Waals surface area contributed by atoms with Crippen LogP contribution in [-0.4, -0.2) is 41.1 Å². The zero-order valence-electron chi connectivity index (χ0n) is 16.1. The number of rotatable bonds is 4. The number of ether oxygens (including phenoxy) is 1. The van der Waals surface area contributed by atoms with E-state index in [0.29, 0.717) is 18.3 Å². The van der Waals surface area contributed by atoms with Gasteiger partial charge in [-0.3, -0.25) is 4.79 Å². The number of piperidine rings is 1. The van der Waals surface area contributed by atoms with Gasteiger partial charge in [-0.05, 0) is 55.7 Å². The molecule has 2 heterocycles. The van der Waals surface area contributed by atoms with Crippen molar-refractivity contribution < 1.29 is 14.1 Å². The third-order valence-corrected chi connectivity index (χ3v) is 5.23. The van der Waals surface area contributed by atoms with E-state index in [1.165, 1.54) is 0 Å². The molecular weight excluding hydrogens is 354 g/mol. The number of benzene rings is 2. The molecule has 3 aromatic rings. The Balaban J connectivity index is 1.50. The Bertz CT molecular complexity index is 965. The van der Waals surface area contributed by atoms with Crippen molar-refractivity contribution in [3.05, 3.63) is 65.5 Å². The first-order chi connectivity index (χ1) is 13.7. The fourth-order valence-corrected chi connectivity index (χ4v) is 3.61. The largest absolute Gasteiger partial charge is 0.497 e. The molecule has 144 valence electrons. The number of amides is 1. The third kappa shape index (κ3) is 3.63. The second kappa shape index (κ2) is 7.84. The lowest BCUT2D eigenvalue weighted by Gasteiger charge is -2.31. The molecule has 6 nitrogen and oxygen atoms in total. The number of carbonyl (C=O) groups excluding carboxylic acids is 1. The quantitative estimate of drug-likeness (QED) is 0.685. The molecule has 0 bridgehead atoms. The summed E-state index contributed by atoms with van der Waals surface area (Å²) < 4.78 is 10.7. The number of hydrogen-bond donors (Lipinski definition) is 0. The predicted octanol–water partition coefficient (Wildman–Crippen LogP) is 4.07. The molecule has 4 rings (SSSR count). The summed E-state index contributed by atoms with van der Waals surface area (Å²) in [5.74, 6) is 2.08. The highest BCUT2D eigenvalue weighted by Gasteiger charge is 2.29. The van der Waals surface area contributed by atoms with E-state index in [9.17, 15) is 4.79 Å². The fourth-order valence-electron chi connectivity index (χ4n) is 3.61. The number of hydrogen-bond acceptors (Lipinski definition) is 5. The van der Waals surface area contributed by atoms with Crippen molar-refractivity contribution >= 4 is 5.91 Å². The van der Waals surface area contributed by atoms with Gasteiger partial charge in [0.05, 0.1) is 7.11 Å². The van der Waals surface area contributed by atoms with Crippen molar-refractivity contribution in [1.29, 1.82) is 0 Å². The Morgan fingerprint density at radius 3 is 2.71 bits per heavy atom. The molecule has 1 unspecified atom stereocenters. The highest BCUT2D eigenvalue weighted by molar-refractivity contribution is 5.95. The Morgan fingerprint density at radius 2 is 1.96 bits per heavy atom. The van der Waals surface area contributed by atoms with Crippen molar-refractivity contribution in [2.75, 3.05) is 20.2 Å². The maximum atomic E-state index is 12.9. The molecule has 1 aliphatic rings. The topological polar surface area (TPSA) is 68.5 Å². The van der Waals surface area contributed by atoms with Crippen molar-refractivity contribution in [1.82, 2.24) is 15.0 Å². The summed E-state index contributed by atoms with van der Waals surface area (Å²) in [5.41, 5.74) is 2.61. The van der Waals surface area contributed by atoms with E-state index in [2.05, 4.69) is 10.1 Å². The van der Waals surface area contributed by atoms with Gasteiger partial charge < -0.3 is 14.2 Å². The van der Waals surface area contributed by atoms with Gasteiger partial charge in [-0.15, -0.1) is 0 Å². The second-order valence-electron chi connectivity index (χ2n) is 7.09. The zero-order chi connectivity index (χ0) is 19.5. The number of nitrogens with zero attached hydrogens (tertiary/aromatic N) is 3. The Kier molecular flexibility index (Phi) is 5.10. The van der Waals surface area contributed by atoms with Crippen LogP contribution in [0.3, 0.4) is 0 Å². The summed E-state index contributed by atoms with van der Waals surface area (Å²) in [7, 11) is 1.63. The monoisotopic (exact) mass is 377 g/mol. The van der Waals surface area contributed by atoms with Gasteiger partial charge in [0.1, 0.15) is 5.75 Å². The van der Waals surface area contributed by atoms with Crippen molar-refractivity contribution in [3.63, 3.8) is 0 Å². The molecule has 0 spiro atoms. The minimum Gasteiger partial charge on any atom is -0.497 e. The Hall–Kier alpha value is -3.15. The van der Waals surface area contributed by atoms with Crippen LogP contribution in [0.25, 0.3) is 11.5 Å². The van der Waals surface area contributed by atoms with E-state index in [1.807, 2.05) is 60.4 Å². The average Bonchev–Trinajstić information content (AvgIpc) is 3.24. The minimum absolute atomic E-state index is 0.0710. The van der Waals surface area contributed by atoms with E-state index in [4.69, 9.17) is 9.26 Å². The van der Waals surface area contributed by atoms with Crippen molar-refractivity contribution in [2.24, 2.45) is 0 Å². The molecule has 0 radical (unpaired) electrons. The van der Waals surface area contributed by atoms with E-state index >= 15 is 0 Å². The molecule has 28 heavy (non-hydrogen) atoms. The zero-order valence-corrected chi connectivity index (χ0v) is 16.1. The summed E-state index contributed by atoms with van der Waals surface area (Å²) in [6.45, 7) is 3.33. The highest BCUT2D eigenvalue weighted by Crippen LogP contribution is 2.28. The van der Waals surface area contributed by atoms with Crippen LogP contribution in [0.2, 0.25) is 0 Å². The molecule has 1 saturated heterocycles. The number of aromatic nitrogens is 2. The average molecular weight is 377 g/mol. The maximum Gasteiger partial charge on any atom is 0.257 e. The molecule has 1 aromatic heterocycles. The maximum absolute atomic E-state index is 12.9. The molecule has 0 saturated carbocycles. The van der Waals surface area contributed by atoms with Gasteiger partial charge in [0.2, 0.25) is 0 Å². The van der Waals surface area contributed by atoms with Gasteiger partial charge >= 0.3 is 0 Å². The van der Waals surface area contributed by atoms with Crippen LogP contribution < -0.4 is 4.74 Å². The lowest BCUT2D eigenvalue weighted by atomic mass is 9.96. The van der Waals surface area contributed by atoms with Gasteiger partial charge in [-0.25, -0.2) is 0 Å². The Morgan fingerprint density at radius 1 is 1.18 bits per heavy atom. The van der Waals surface area contributed by atoms with Gasteiger partial charge in [-0.2, -0.15) is 4.98 Å². The van der Waals surface area contributed by atoms with Crippen LogP contribution in [0.5, 0.6) is 5.75 Å². The van der Waals surface area contributed by atoms with Crippen LogP contribution in [-0.2, 0) is 0 Å². The minimum atomic E-state index is 0.0710. The lowest BCUT2D eigenvalue weighted by Crippen LogP contribution is -2.39. The van der Waals surface area contributed by atoms with E-state index in [0.717, 1.165) is 41.8 Å². The summed E-state index contributed by atoms with van der Waals surface area (Å²) >= 11 is 0. The molecule has 1 atom stereocenters. The van der Waals surface area contributed by atoms with E-state index < -0.39 is 0 Å². The van der Waals surface area contributed by atoms with Gasteiger partial charge in [0.15, 0.2) is 5.82 Å².